The third-order valence-corrected chi connectivity index (χ3v) is 5.03. The summed E-state index contributed by atoms with van der Waals surface area (Å²) in [6.45, 7) is 7.73. The zero-order valence-electron chi connectivity index (χ0n) is 15.4. The van der Waals surface area contributed by atoms with E-state index in [4.69, 9.17) is 4.52 Å². The topological polar surface area (TPSA) is 45.4 Å². The fraction of sp³-hybridized carbons (Fsp3) is 0.579. The van der Waals surface area contributed by atoms with Crippen molar-refractivity contribution in [1.29, 1.82) is 0 Å². The molecule has 5 nitrogen and oxygen atoms in total. The highest BCUT2D eigenvalue weighted by Gasteiger charge is 2.23. The highest BCUT2D eigenvalue weighted by atomic mass is 19.1. The van der Waals surface area contributed by atoms with E-state index in [1.165, 1.54) is 12.1 Å². The van der Waals surface area contributed by atoms with Gasteiger partial charge < -0.3 is 4.52 Å². The fourth-order valence-corrected chi connectivity index (χ4v) is 3.65. The summed E-state index contributed by atoms with van der Waals surface area (Å²) in [6.07, 6.45) is 3.10. The van der Waals surface area contributed by atoms with Crippen molar-refractivity contribution in [1.82, 2.24) is 19.9 Å². The number of likely N-dealkylation sites (tertiary alicyclic amines) is 1. The van der Waals surface area contributed by atoms with E-state index < -0.39 is 0 Å². The largest absolute Gasteiger partial charge is 0.340 e. The monoisotopic (exact) mass is 364 g/mol. The van der Waals surface area contributed by atoms with E-state index >= 15 is 0 Å². The van der Waals surface area contributed by atoms with Crippen LogP contribution in [0, 0.1) is 18.6 Å². The number of halogens is 2. The van der Waals surface area contributed by atoms with Crippen molar-refractivity contribution in [3.8, 4) is 0 Å². The van der Waals surface area contributed by atoms with E-state index in [9.17, 15) is 8.78 Å². The van der Waals surface area contributed by atoms with E-state index in [1.54, 1.807) is 6.92 Å². The second-order valence-corrected chi connectivity index (χ2v) is 6.89. The number of aryl methyl sites for hydroxylation is 1. The van der Waals surface area contributed by atoms with Crippen molar-refractivity contribution in [2.24, 2.45) is 0 Å². The Hall–Kier alpha value is -1.86. The van der Waals surface area contributed by atoms with Gasteiger partial charge in [-0.25, -0.2) is 8.78 Å². The molecule has 0 spiro atoms. The zero-order valence-corrected chi connectivity index (χ0v) is 15.4. The van der Waals surface area contributed by atoms with Crippen LogP contribution in [0.15, 0.2) is 22.7 Å². The minimum Gasteiger partial charge on any atom is -0.340 e. The highest BCUT2D eigenvalue weighted by Crippen LogP contribution is 2.21. The van der Waals surface area contributed by atoms with Crippen molar-refractivity contribution in [2.75, 3.05) is 19.6 Å². The Balaban J connectivity index is 1.59. The summed E-state index contributed by atoms with van der Waals surface area (Å²) in [5, 5.41) is 4.00. The maximum absolute atomic E-state index is 13.9. The third-order valence-electron chi connectivity index (χ3n) is 5.03. The Bertz CT molecular complexity index is 721. The molecule has 1 aromatic carbocycles. The molecule has 0 saturated carbocycles. The molecule has 26 heavy (non-hydrogen) atoms. The first kappa shape index (κ1) is 18.9. The molecular formula is C19H26F2N4O. The van der Waals surface area contributed by atoms with E-state index in [2.05, 4.69) is 26.9 Å². The Morgan fingerprint density at radius 3 is 2.85 bits per heavy atom. The quantitative estimate of drug-likeness (QED) is 0.785. The van der Waals surface area contributed by atoms with E-state index in [0.29, 0.717) is 36.4 Å². The Labute approximate surface area is 153 Å². The predicted octanol–water partition coefficient (Wildman–Crippen LogP) is 3.53. The standard InChI is InChI=1S/C19H26F2N4O/c1-3-25(13-19-22-14(2)26-23-19)17-5-4-9-24(10-8-17)12-15-11-16(20)6-7-18(15)21/h6-7,11,17H,3-5,8-10,12-13H2,1-2H3/t17-/m1/s1. The van der Waals surface area contributed by atoms with Crippen LogP contribution in [0.1, 0.15) is 43.5 Å². The fourth-order valence-electron chi connectivity index (χ4n) is 3.65. The van der Waals surface area contributed by atoms with Crippen LogP contribution in [0.25, 0.3) is 0 Å². The highest BCUT2D eigenvalue weighted by molar-refractivity contribution is 5.18. The smallest absolute Gasteiger partial charge is 0.223 e. The molecule has 0 amide bonds. The van der Waals surface area contributed by atoms with E-state index in [-0.39, 0.29) is 11.6 Å². The number of rotatable bonds is 6. The molecule has 1 aliphatic heterocycles. The summed E-state index contributed by atoms with van der Waals surface area (Å²) in [4.78, 5) is 8.88. The molecular weight excluding hydrogens is 338 g/mol. The van der Waals surface area contributed by atoms with Gasteiger partial charge in [0.15, 0.2) is 5.82 Å². The van der Waals surface area contributed by atoms with Gasteiger partial charge in [-0.1, -0.05) is 12.1 Å². The van der Waals surface area contributed by atoms with Crippen LogP contribution in [0.2, 0.25) is 0 Å². The summed E-state index contributed by atoms with van der Waals surface area (Å²) < 4.78 is 32.4. The van der Waals surface area contributed by atoms with Gasteiger partial charge in [0.1, 0.15) is 11.6 Å². The molecule has 142 valence electrons. The van der Waals surface area contributed by atoms with Crippen LogP contribution >= 0.6 is 0 Å². The number of hydrogen-bond acceptors (Lipinski definition) is 5. The molecule has 0 unspecified atom stereocenters. The average molecular weight is 364 g/mol. The second-order valence-electron chi connectivity index (χ2n) is 6.89. The van der Waals surface area contributed by atoms with Gasteiger partial charge in [-0.15, -0.1) is 0 Å². The molecule has 1 saturated heterocycles. The average Bonchev–Trinajstić information content (AvgIpc) is 2.89. The normalized spacial score (nSPS) is 19.0. The summed E-state index contributed by atoms with van der Waals surface area (Å²) in [5.74, 6) is 0.573. The Morgan fingerprint density at radius 1 is 1.27 bits per heavy atom. The Kier molecular flexibility index (Phi) is 6.32. The number of aromatic nitrogens is 2. The molecule has 7 heteroatoms. The summed E-state index contributed by atoms with van der Waals surface area (Å²) in [7, 11) is 0. The summed E-state index contributed by atoms with van der Waals surface area (Å²) in [5.41, 5.74) is 0.429. The number of benzene rings is 1. The molecule has 3 rings (SSSR count). The molecule has 0 radical (unpaired) electrons. The summed E-state index contributed by atoms with van der Waals surface area (Å²) >= 11 is 0. The van der Waals surface area contributed by atoms with Crippen LogP contribution in [-0.4, -0.2) is 45.6 Å². The van der Waals surface area contributed by atoms with Crippen LogP contribution in [-0.2, 0) is 13.1 Å². The molecule has 1 aromatic heterocycles. The molecule has 0 bridgehead atoms. The number of hydrogen-bond donors (Lipinski definition) is 0. The number of nitrogens with zero attached hydrogens (tertiary/aromatic N) is 4. The van der Waals surface area contributed by atoms with Gasteiger partial charge in [0.05, 0.1) is 6.54 Å². The predicted molar refractivity (Wildman–Crippen MR) is 94.4 cm³/mol. The Morgan fingerprint density at radius 2 is 2.12 bits per heavy atom. The molecule has 1 atom stereocenters. The van der Waals surface area contributed by atoms with Crippen LogP contribution in [0.5, 0.6) is 0 Å². The minimum absolute atomic E-state index is 0.338. The lowest BCUT2D eigenvalue weighted by Gasteiger charge is -2.29. The molecule has 2 aromatic rings. The van der Waals surface area contributed by atoms with Gasteiger partial charge >= 0.3 is 0 Å². The van der Waals surface area contributed by atoms with Gasteiger partial charge in [-0.3, -0.25) is 9.80 Å². The van der Waals surface area contributed by atoms with Crippen molar-refractivity contribution in [3.05, 3.63) is 47.1 Å². The van der Waals surface area contributed by atoms with Gasteiger partial charge in [-0.2, -0.15) is 4.98 Å². The lowest BCUT2D eigenvalue weighted by atomic mass is 10.1. The van der Waals surface area contributed by atoms with E-state index in [1.807, 2.05) is 0 Å². The van der Waals surface area contributed by atoms with Crippen molar-refractivity contribution >= 4 is 0 Å². The van der Waals surface area contributed by atoms with Gasteiger partial charge in [0.25, 0.3) is 0 Å². The first-order chi connectivity index (χ1) is 12.5. The van der Waals surface area contributed by atoms with Crippen molar-refractivity contribution in [2.45, 2.75) is 52.2 Å². The first-order valence-electron chi connectivity index (χ1n) is 9.24. The third kappa shape index (κ3) is 4.86. The van der Waals surface area contributed by atoms with Crippen molar-refractivity contribution in [3.63, 3.8) is 0 Å². The molecule has 1 fully saturated rings. The molecule has 2 heterocycles. The second kappa shape index (κ2) is 8.68. The molecule has 0 N–H and O–H groups in total. The SMILES string of the molecule is CCN(Cc1noc(C)n1)[C@@H]1CCCN(Cc2cc(F)ccc2F)CC1. The van der Waals surface area contributed by atoms with Crippen molar-refractivity contribution < 1.29 is 13.3 Å². The van der Waals surface area contributed by atoms with Crippen LogP contribution < -0.4 is 0 Å². The molecule has 0 aliphatic carbocycles. The summed E-state index contributed by atoms with van der Waals surface area (Å²) in [6, 6.07) is 4.10. The van der Waals surface area contributed by atoms with Gasteiger partial charge in [0.2, 0.25) is 5.89 Å². The zero-order chi connectivity index (χ0) is 18.5. The maximum atomic E-state index is 13.9. The lowest BCUT2D eigenvalue weighted by Crippen LogP contribution is -2.36. The van der Waals surface area contributed by atoms with Crippen LogP contribution in [0.3, 0.4) is 0 Å². The lowest BCUT2D eigenvalue weighted by molar-refractivity contribution is 0.170. The molecule has 1 aliphatic rings. The van der Waals surface area contributed by atoms with Gasteiger partial charge in [-0.05, 0) is 57.1 Å². The van der Waals surface area contributed by atoms with Gasteiger partial charge in [0, 0.05) is 25.1 Å². The maximum Gasteiger partial charge on any atom is 0.223 e. The van der Waals surface area contributed by atoms with E-state index in [0.717, 1.165) is 45.0 Å². The van der Waals surface area contributed by atoms with Crippen LogP contribution in [0.4, 0.5) is 8.78 Å². The minimum atomic E-state index is -0.387. The first-order valence-corrected chi connectivity index (χ1v) is 9.24.